The third kappa shape index (κ3) is 6.53. The van der Waals surface area contributed by atoms with Gasteiger partial charge in [0.2, 0.25) is 0 Å². The van der Waals surface area contributed by atoms with Crippen LogP contribution in [-0.2, 0) is 10.1 Å². The van der Waals surface area contributed by atoms with Crippen LogP contribution >= 0.6 is 7.92 Å². The fraction of sp³-hybridized carbons (Fsp3) is 0. The normalized spacial score (nSPS) is 11.0. The second-order valence-corrected chi connectivity index (χ2v) is 10.1. The summed E-state index contributed by atoms with van der Waals surface area (Å²) >= 11 is 0. The fourth-order valence-corrected chi connectivity index (χ4v) is 5.56. The highest BCUT2D eigenvalue weighted by molar-refractivity contribution is 7.85. The first-order chi connectivity index (χ1) is 14.8. The van der Waals surface area contributed by atoms with Gasteiger partial charge in [0, 0.05) is 0 Å². The summed E-state index contributed by atoms with van der Waals surface area (Å²) in [6, 6.07) is 30.6. The average Bonchev–Trinajstić information content (AvgIpc) is 2.78. The lowest BCUT2D eigenvalue weighted by Crippen LogP contribution is -2.20. The molecule has 158 valence electrons. The first-order valence-corrected chi connectivity index (χ1v) is 12.0. The van der Waals surface area contributed by atoms with Crippen molar-refractivity contribution in [2.24, 2.45) is 0 Å². The number of halogens is 2. The molecule has 0 unspecified atom stereocenters. The van der Waals surface area contributed by atoms with Gasteiger partial charge in [0.25, 0.3) is 10.1 Å². The smallest absolute Gasteiger partial charge is 0.282 e. The van der Waals surface area contributed by atoms with Gasteiger partial charge in [-0.25, -0.2) is 8.78 Å². The van der Waals surface area contributed by atoms with Gasteiger partial charge in [-0.05, 0) is 60.2 Å². The summed E-state index contributed by atoms with van der Waals surface area (Å²) in [5.41, 5.74) is 0. The van der Waals surface area contributed by atoms with Gasteiger partial charge in [0.15, 0.2) is 0 Å². The number of hydrogen-bond acceptors (Lipinski definition) is 2. The van der Waals surface area contributed by atoms with E-state index in [0.29, 0.717) is 0 Å². The van der Waals surface area contributed by atoms with Gasteiger partial charge in [-0.1, -0.05) is 72.8 Å². The molecule has 4 aromatic rings. The Balaban J connectivity index is 0.000000229. The summed E-state index contributed by atoms with van der Waals surface area (Å²) in [6.45, 7) is 0. The van der Waals surface area contributed by atoms with Crippen LogP contribution < -0.4 is 15.9 Å². The Hall–Kier alpha value is -2.92. The third-order valence-electron chi connectivity index (χ3n) is 4.23. The number of benzene rings is 4. The van der Waals surface area contributed by atoms with Crippen LogP contribution in [0.15, 0.2) is 114 Å². The quantitative estimate of drug-likeness (QED) is 0.359. The average molecular weight is 456 g/mol. The molecule has 3 nitrogen and oxygen atoms in total. The lowest BCUT2D eigenvalue weighted by atomic mass is 10.3. The molecule has 4 rings (SSSR count). The maximum Gasteiger partial charge on any atom is 0.294 e. The molecule has 0 saturated carbocycles. The molecule has 0 aliphatic rings. The molecule has 4 aromatic carbocycles. The van der Waals surface area contributed by atoms with Crippen LogP contribution in [0.3, 0.4) is 0 Å². The maximum absolute atomic E-state index is 13.2. The van der Waals surface area contributed by atoms with Crippen molar-refractivity contribution in [3.05, 3.63) is 121 Å². The molecule has 0 saturated heterocycles. The highest BCUT2D eigenvalue weighted by Crippen LogP contribution is 2.32. The van der Waals surface area contributed by atoms with E-state index in [2.05, 4.69) is 12.1 Å². The number of rotatable bonds is 4. The van der Waals surface area contributed by atoms with Crippen LogP contribution in [0.25, 0.3) is 0 Å². The van der Waals surface area contributed by atoms with Gasteiger partial charge in [0.05, 0.1) is 4.90 Å². The predicted octanol–water partition coefficient (Wildman–Crippen LogP) is 4.66. The molecule has 1 N–H and O–H groups in total. The van der Waals surface area contributed by atoms with E-state index < -0.39 is 18.0 Å². The van der Waals surface area contributed by atoms with E-state index in [0.717, 1.165) is 15.9 Å². The van der Waals surface area contributed by atoms with E-state index in [9.17, 15) is 17.2 Å². The molecule has 0 heterocycles. The van der Waals surface area contributed by atoms with E-state index in [-0.39, 0.29) is 16.5 Å². The van der Waals surface area contributed by atoms with Crippen molar-refractivity contribution in [3.8, 4) is 0 Å². The predicted molar refractivity (Wildman–Crippen MR) is 121 cm³/mol. The van der Waals surface area contributed by atoms with Crippen molar-refractivity contribution in [2.45, 2.75) is 4.90 Å². The van der Waals surface area contributed by atoms with Crippen molar-refractivity contribution in [1.29, 1.82) is 0 Å². The highest BCUT2D eigenvalue weighted by atomic mass is 32.2. The van der Waals surface area contributed by atoms with Crippen LogP contribution in [0.1, 0.15) is 0 Å². The molecule has 0 fully saturated rings. The molecular weight excluding hydrogens is 437 g/mol. The summed E-state index contributed by atoms with van der Waals surface area (Å²) in [5.74, 6) is -0.498. The Morgan fingerprint density at radius 3 is 1.26 bits per heavy atom. The van der Waals surface area contributed by atoms with E-state index in [1.165, 1.54) is 36.4 Å². The van der Waals surface area contributed by atoms with E-state index >= 15 is 0 Å². The van der Waals surface area contributed by atoms with Gasteiger partial charge in [-0.3, -0.25) is 4.55 Å². The standard InChI is InChI=1S/C18H13F2P.C6H6O3S/c19-14-6-10-17(11-7-14)21(16-4-2-1-3-5-16)18-12-8-15(20)9-13-18;7-10(8,9)6-4-2-1-3-5-6/h1-13H;1-5H,(H,7,8,9). The Morgan fingerprint density at radius 1 is 0.548 bits per heavy atom. The molecule has 0 aromatic heterocycles. The van der Waals surface area contributed by atoms with E-state index in [4.69, 9.17) is 4.55 Å². The molecular formula is C24H19F2O3PS. The van der Waals surface area contributed by atoms with Crippen LogP contribution in [0.2, 0.25) is 0 Å². The van der Waals surface area contributed by atoms with Gasteiger partial charge >= 0.3 is 0 Å². The van der Waals surface area contributed by atoms with Gasteiger partial charge in [-0.2, -0.15) is 8.42 Å². The third-order valence-corrected chi connectivity index (χ3v) is 7.54. The summed E-state index contributed by atoms with van der Waals surface area (Å²) in [4.78, 5) is -0.0741. The Kier molecular flexibility index (Phi) is 7.64. The molecule has 7 heteroatoms. The van der Waals surface area contributed by atoms with E-state index in [1.54, 1.807) is 42.5 Å². The first kappa shape index (κ1) is 22.8. The summed E-state index contributed by atoms with van der Waals surface area (Å²) in [5, 5.41) is 3.25. The second-order valence-electron chi connectivity index (χ2n) is 6.41. The fourth-order valence-electron chi connectivity index (χ4n) is 2.80. The van der Waals surface area contributed by atoms with Crippen molar-refractivity contribution < 1.29 is 21.8 Å². The van der Waals surface area contributed by atoms with Gasteiger partial charge < -0.3 is 0 Å². The molecule has 0 aliphatic heterocycles. The largest absolute Gasteiger partial charge is 0.294 e. The summed E-state index contributed by atoms with van der Waals surface area (Å²) in [6.07, 6.45) is 0. The molecule has 0 aliphatic carbocycles. The summed E-state index contributed by atoms with van der Waals surface area (Å²) in [7, 11) is -4.81. The van der Waals surface area contributed by atoms with Crippen LogP contribution in [0.4, 0.5) is 8.78 Å². The van der Waals surface area contributed by atoms with Crippen LogP contribution in [0.5, 0.6) is 0 Å². The minimum Gasteiger partial charge on any atom is -0.282 e. The molecule has 0 bridgehead atoms. The SMILES string of the molecule is Fc1ccc(P(c2ccccc2)c2ccc(F)cc2)cc1.O=S(=O)(O)c1ccccc1. The minimum atomic E-state index is -4.00. The van der Waals surface area contributed by atoms with Crippen molar-refractivity contribution >= 4 is 34.0 Å². The van der Waals surface area contributed by atoms with Gasteiger partial charge in [-0.15, -0.1) is 0 Å². The topological polar surface area (TPSA) is 54.4 Å². The minimum absolute atomic E-state index is 0.0741. The Bertz CT molecular complexity index is 1150. The van der Waals surface area contributed by atoms with Crippen molar-refractivity contribution in [3.63, 3.8) is 0 Å². The highest BCUT2D eigenvalue weighted by Gasteiger charge is 2.16. The zero-order valence-electron chi connectivity index (χ0n) is 16.3. The molecule has 31 heavy (non-hydrogen) atoms. The molecule has 0 radical (unpaired) electrons. The van der Waals surface area contributed by atoms with Crippen LogP contribution in [0, 0.1) is 11.6 Å². The van der Waals surface area contributed by atoms with Crippen LogP contribution in [-0.4, -0.2) is 13.0 Å². The lowest BCUT2D eigenvalue weighted by molar-refractivity contribution is 0.483. The Labute approximate surface area is 181 Å². The summed E-state index contributed by atoms with van der Waals surface area (Å²) < 4.78 is 55.6. The number of hydrogen-bond donors (Lipinski definition) is 1. The molecule has 0 spiro atoms. The van der Waals surface area contributed by atoms with Crippen molar-refractivity contribution in [2.75, 3.05) is 0 Å². The van der Waals surface area contributed by atoms with Crippen molar-refractivity contribution in [1.82, 2.24) is 0 Å². The first-order valence-electron chi connectivity index (χ1n) is 9.23. The monoisotopic (exact) mass is 456 g/mol. The molecule has 0 atom stereocenters. The zero-order chi connectivity index (χ0) is 22.3. The maximum atomic E-state index is 13.2. The van der Waals surface area contributed by atoms with Gasteiger partial charge in [0.1, 0.15) is 11.6 Å². The molecule has 0 amide bonds. The lowest BCUT2D eigenvalue weighted by Gasteiger charge is -2.19. The second kappa shape index (κ2) is 10.4. The zero-order valence-corrected chi connectivity index (χ0v) is 18.0. The Morgan fingerprint density at radius 2 is 0.903 bits per heavy atom. The van der Waals surface area contributed by atoms with E-state index in [1.807, 2.05) is 18.2 Å².